The van der Waals surface area contributed by atoms with E-state index < -0.39 is 20.6 Å². The molecule has 0 aliphatic rings. The van der Waals surface area contributed by atoms with Crippen LogP contribution in [-0.2, 0) is 14.6 Å². The van der Waals surface area contributed by atoms with Crippen LogP contribution >= 0.6 is 0 Å². The number of carbonyl (C=O) groups is 1. The summed E-state index contributed by atoms with van der Waals surface area (Å²) in [5.74, 6) is -0.358. The topological polar surface area (TPSA) is 108 Å². The van der Waals surface area contributed by atoms with Crippen molar-refractivity contribution >= 4 is 15.7 Å². The number of primary amides is 1. The number of rotatable bonds is 6. The quantitative estimate of drug-likeness (QED) is 0.759. The Morgan fingerprint density at radius 3 is 2.20 bits per heavy atom. The second-order valence-corrected chi connectivity index (χ2v) is 6.46. The number of hydrogen-bond donors (Lipinski definition) is 2. The third-order valence-electron chi connectivity index (χ3n) is 3.15. The maximum atomic E-state index is 12.5. The normalized spacial score (nSPS) is 14.4. The number of likely N-dealkylation sites (N-methyl/N-ethyl adjacent to an activating group) is 1. The van der Waals surface area contributed by atoms with E-state index in [1.807, 2.05) is 0 Å². The smallest absolute Gasteiger partial charge is 0.253 e. The summed E-state index contributed by atoms with van der Waals surface area (Å²) in [5.41, 5.74) is 5.20. The highest BCUT2D eigenvalue weighted by atomic mass is 32.2. The monoisotopic (exact) mass is 302 g/mol. The Labute approximate surface area is 118 Å². The fourth-order valence-electron chi connectivity index (χ4n) is 1.61. The number of hydrogen-bond acceptors (Lipinski definition) is 6. The van der Waals surface area contributed by atoms with E-state index in [2.05, 4.69) is 5.32 Å². The molecule has 1 amide bonds. The van der Waals surface area contributed by atoms with E-state index in [9.17, 15) is 13.2 Å². The van der Waals surface area contributed by atoms with E-state index >= 15 is 0 Å². The standard InChI is InChI=1S/C12H18N2O5S/c1-12(14-2,11(13)15)20(16,17)8-5-6-9(18-3)10(7-8)19-4/h5-7,14H,1-4H3,(H2,13,15)/t12-/m1/s1. The summed E-state index contributed by atoms with van der Waals surface area (Å²) >= 11 is 0. The van der Waals surface area contributed by atoms with Gasteiger partial charge >= 0.3 is 0 Å². The molecule has 0 bridgehead atoms. The van der Waals surface area contributed by atoms with E-state index in [4.69, 9.17) is 15.2 Å². The minimum Gasteiger partial charge on any atom is -0.493 e. The van der Waals surface area contributed by atoms with Gasteiger partial charge in [0.15, 0.2) is 11.5 Å². The fourth-order valence-corrected chi connectivity index (χ4v) is 3.12. The molecule has 0 aliphatic heterocycles. The molecule has 8 heteroatoms. The van der Waals surface area contributed by atoms with Crippen molar-refractivity contribution in [2.75, 3.05) is 21.3 Å². The number of benzene rings is 1. The van der Waals surface area contributed by atoms with Crippen molar-refractivity contribution in [3.05, 3.63) is 18.2 Å². The van der Waals surface area contributed by atoms with Crippen LogP contribution in [0.25, 0.3) is 0 Å². The van der Waals surface area contributed by atoms with Crippen molar-refractivity contribution in [3.63, 3.8) is 0 Å². The number of nitrogens with two attached hydrogens (primary N) is 1. The highest BCUT2D eigenvalue weighted by Gasteiger charge is 2.44. The molecule has 0 radical (unpaired) electrons. The summed E-state index contributed by atoms with van der Waals surface area (Å²) in [5, 5.41) is 2.45. The number of nitrogens with one attached hydrogen (secondary N) is 1. The molecule has 20 heavy (non-hydrogen) atoms. The van der Waals surface area contributed by atoms with Crippen LogP contribution in [0.5, 0.6) is 11.5 Å². The lowest BCUT2D eigenvalue weighted by Gasteiger charge is -2.25. The van der Waals surface area contributed by atoms with Crippen molar-refractivity contribution in [1.29, 1.82) is 0 Å². The predicted molar refractivity (Wildman–Crippen MR) is 73.4 cm³/mol. The largest absolute Gasteiger partial charge is 0.493 e. The Morgan fingerprint density at radius 1 is 1.25 bits per heavy atom. The Bertz CT molecular complexity index is 614. The van der Waals surface area contributed by atoms with Gasteiger partial charge in [0, 0.05) is 6.07 Å². The van der Waals surface area contributed by atoms with Gasteiger partial charge in [-0.25, -0.2) is 8.42 Å². The number of ether oxygens (including phenoxy) is 2. The summed E-state index contributed by atoms with van der Waals surface area (Å²) < 4.78 is 35.2. The van der Waals surface area contributed by atoms with Crippen LogP contribution < -0.4 is 20.5 Å². The molecule has 1 atom stereocenters. The van der Waals surface area contributed by atoms with Crippen molar-refractivity contribution in [2.24, 2.45) is 5.73 Å². The van der Waals surface area contributed by atoms with Gasteiger partial charge in [-0.2, -0.15) is 0 Å². The van der Waals surface area contributed by atoms with Crippen molar-refractivity contribution in [1.82, 2.24) is 5.32 Å². The third-order valence-corrected chi connectivity index (χ3v) is 5.50. The summed E-state index contributed by atoms with van der Waals surface area (Å²) in [6.07, 6.45) is 0. The van der Waals surface area contributed by atoms with Gasteiger partial charge in [0.25, 0.3) is 5.91 Å². The highest BCUT2D eigenvalue weighted by molar-refractivity contribution is 7.93. The number of carbonyl (C=O) groups excluding carboxylic acids is 1. The number of sulfone groups is 1. The molecule has 1 rings (SSSR count). The lowest BCUT2D eigenvalue weighted by atomic mass is 10.3. The van der Waals surface area contributed by atoms with E-state index in [-0.39, 0.29) is 10.6 Å². The molecule has 0 saturated heterocycles. The third kappa shape index (κ3) is 2.44. The van der Waals surface area contributed by atoms with Crippen LogP contribution in [0, 0.1) is 0 Å². The summed E-state index contributed by atoms with van der Waals surface area (Å²) in [4.78, 5) is 9.47. The Morgan fingerprint density at radius 2 is 1.80 bits per heavy atom. The first kappa shape index (κ1) is 16.3. The molecule has 1 aromatic carbocycles. The minimum absolute atomic E-state index is 0.0919. The molecule has 3 N–H and O–H groups in total. The molecule has 0 saturated carbocycles. The predicted octanol–water partition coefficient (Wildman–Crippen LogP) is -0.102. The van der Waals surface area contributed by atoms with Gasteiger partial charge in [-0.05, 0) is 26.1 Å². The lowest BCUT2D eigenvalue weighted by Crippen LogP contribution is -2.57. The average Bonchev–Trinajstić information content (AvgIpc) is 2.44. The van der Waals surface area contributed by atoms with Crippen LogP contribution in [0.4, 0.5) is 0 Å². The first-order chi connectivity index (χ1) is 9.24. The molecular weight excluding hydrogens is 284 g/mol. The zero-order valence-corrected chi connectivity index (χ0v) is 12.6. The van der Waals surface area contributed by atoms with E-state index in [0.29, 0.717) is 5.75 Å². The zero-order valence-electron chi connectivity index (χ0n) is 11.8. The van der Waals surface area contributed by atoms with Crippen molar-refractivity contribution in [2.45, 2.75) is 16.7 Å². The van der Waals surface area contributed by atoms with Gasteiger partial charge in [-0.3, -0.25) is 10.1 Å². The van der Waals surface area contributed by atoms with E-state index in [1.165, 1.54) is 46.4 Å². The fraction of sp³-hybridized carbons (Fsp3) is 0.417. The van der Waals surface area contributed by atoms with Gasteiger partial charge in [-0.15, -0.1) is 0 Å². The molecule has 0 heterocycles. The molecule has 0 aromatic heterocycles. The van der Waals surface area contributed by atoms with Gasteiger partial charge in [-0.1, -0.05) is 0 Å². The van der Waals surface area contributed by atoms with Gasteiger partial charge < -0.3 is 15.2 Å². The van der Waals surface area contributed by atoms with Crippen LogP contribution in [-0.4, -0.2) is 40.5 Å². The molecule has 7 nitrogen and oxygen atoms in total. The summed E-state index contributed by atoms with van der Waals surface area (Å²) in [6.45, 7) is 1.21. The van der Waals surface area contributed by atoms with E-state index in [0.717, 1.165) is 0 Å². The van der Waals surface area contributed by atoms with Gasteiger partial charge in [0.1, 0.15) is 0 Å². The zero-order chi connectivity index (χ0) is 15.6. The second-order valence-electron chi connectivity index (χ2n) is 4.17. The first-order valence-electron chi connectivity index (χ1n) is 5.70. The van der Waals surface area contributed by atoms with E-state index in [1.54, 1.807) is 0 Å². The summed E-state index contributed by atoms with van der Waals surface area (Å²) in [7, 11) is 0.148. The Balaban J connectivity index is 3.47. The molecule has 0 fully saturated rings. The second kappa shape index (κ2) is 5.68. The maximum absolute atomic E-state index is 12.5. The highest BCUT2D eigenvalue weighted by Crippen LogP contribution is 2.32. The number of amides is 1. The minimum atomic E-state index is -4.03. The Hall–Kier alpha value is -1.80. The molecule has 112 valence electrons. The van der Waals surface area contributed by atoms with Gasteiger partial charge in [0.05, 0.1) is 19.1 Å². The maximum Gasteiger partial charge on any atom is 0.253 e. The SMILES string of the molecule is CN[C@@](C)(C(N)=O)S(=O)(=O)c1ccc(OC)c(OC)c1. The van der Waals surface area contributed by atoms with Crippen LogP contribution in [0.15, 0.2) is 23.1 Å². The van der Waals surface area contributed by atoms with Crippen LogP contribution in [0.1, 0.15) is 6.92 Å². The molecule has 0 aliphatic carbocycles. The van der Waals surface area contributed by atoms with Crippen LogP contribution in [0.2, 0.25) is 0 Å². The van der Waals surface area contributed by atoms with Crippen molar-refractivity contribution < 1.29 is 22.7 Å². The lowest BCUT2D eigenvalue weighted by molar-refractivity contribution is -0.120. The molecule has 1 aromatic rings. The average molecular weight is 302 g/mol. The Kier molecular flexibility index (Phi) is 4.61. The summed E-state index contributed by atoms with van der Waals surface area (Å²) in [6, 6.07) is 4.06. The van der Waals surface area contributed by atoms with Crippen molar-refractivity contribution in [3.8, 4) is 11.5 Å². The van der Waals surface area contributed by atoms with Gasteiger partial charge in [0.2, 0.25) is 14.7 Å². The van der Waals surface area contributed by atoms with Crippen LogP contribution in [0.3, 0.4) is 0 Å². The molecule has 0 spiro atoms. The first-order valence-corrected chi connectivity index (χ1v) is 7.18. The molecule has 0 unspecified atom stereocenters. The molecular formula is C12H18N2O5S. The number of methoxy groups -OCH3 is 2.